The summed E-state index contributed by atoms with van der Waals surface area (Å²) in [6.07, 6.45) is 10.3. The average molecular weight is 479 g/mol. The van der Waals surface area contributed by atoms with Gasteiger partial charge in [0.25, 0.3) is 0 Å². The monoisotopic (exact) mass is 478 g/mol. The van der Waals surface area contributed by atoms with Gasteiger partial charge in [0.2, 0.25) is 0 Å². The van der Waals surface area contributed by atoms with Gasteiger partial charge in [-0.25, -0.2) is 4.79 Å². The van der Waals surface area contributed by atoms with Crippen molar-refractivity contribution in [3.63, 3.8) is 0 Å². The molecule has 0 bridgehead atoms. The third-order valence-electron chi connectivity index (χ3n) is 5.96. The van der Waals surface area contributed by atoms with E-state index in [1.807, 2.05) is 6.08 Å². The highest BCUT2D eigenvalue weighted by atomic mass is 16.5. The van der Waals surface area contributed by atoms with Crippen molar-refractivity contribution in [3.05, 3.63) is 72.3 Å². The first-order chi connectivity index (χ1) is 16.9. The van der Waals surface area contributed by atoms with Gasteiger partial charge in [-0.15, -0.1) is 6.58 Å². The van der Waals surface area contributed by atoms with Gasteiger partial charge in [-0.2, -0.15) is 0 Å². The number of hydrogen-bond donors (Lipinski definition) is 2. The first-order valence-corrected chi connectivity index (χ1v) is 12.0. The van der Waals surface area contributed by atoms with Crippen LogP contribution in [0.1, 0.15) is 49.7 Å². The average Bonchev–Trinajstić information content (AvgIpc) is 2.87. The maximum atomic E-state index is 12.5. The number of esters is 2. The lowest BCUT2D eigenvalue weighted by molar-refractivity contribution is -0.141. The van der Waals surface area contributed by atoms with E-state index in [1.54, 1.807) is 48.5 Å². The van der Waals surface area contributed by atoms with Crippen molar-refractivity contribution in [2.45, 2.75) is 51.2 Å². The maximum Gasteiger partial charge on any atom is 0.331 e. The second-order valence-electron chi connectivity index (χ2n) is 8.66. The van der Waals surface area contributed by atoms with Crippen molar-refractivity contribution in [1.82, 2.24) is 0 Å². The van der Waals surface area contributed by atoms with E-state index in [2.05, 4.69) is 6.58 Å². The summed E-state index contributed by atoms with van der Waals surface area (Å²) in [6.45, 7) is 4.49. The number of rotatable bonds is 11. The van der Waals surface area contributed by atoms with E-state index in [0.29, 0.717) is 22.7 Å². The van der Waals surface area contributed by atoms with Gasteiger partial charge in [0.1, 0.15) is 12.4 Å². The molecule has 0 atom stereocenters. The molecule has 7 heteroatoms. The number of nitrogens with two attached hydrogens (primary N) is 2. The van der Waals surface area contributed by atoms with E-state index >= 15 is 0 Å². The van der Waals surface area contributed by atoms with Crippen molar-refractivity contribution >= 4 is 29.4 Å². The standard InChI is InChI=1S/C28H34N2O5/c1-2-3-4-17-33-24-13-8-21(9-14-24)28(32)35-25-11-5-20(6-12-25)7-16-27(31)34-19-22-18-23(29)10-15-26(22)30/h2,5-7,10-12,15-16,18,21,24H,1,3-4,8-9,13-14,17,19,29-30H2/b16-7+. The van der Waals surface area contributed by atoms with Crippen LogP contribution in [-0.2, 0) is 25.7 Å². The minimum Gasteiger partial charge on any atom is -0.458 e. The van der Waals surface area contributed by atoms with Gasteiger partial charge in [0.15, 0.2) is 0 Å². The van der Waals surface area contributed by atoms with E-state index in [1.165, 1.54) is 6.08 Å². The van der Waals surface area contributed by atoms with Crippen LogP contribution < -0.4 is 16.2 Å². The highest BCUT2D eigenvalue weighted by Gasteiger charge is 2.28. The zero-order chi connectivity index (χ0) is 25.0. The minimum atomic E-state index is -0.498. The maximum absolute atomic E-state index is 12.5. The van der Waals surface area contributed by atoms with Crippen LogP contribution in [0.5, 0.6) is 5.75 Å². The topological polar surface area (TPSA) is 114 Å². The molecule has 0 heterocycles. The second-order valence-corrected chi connectivity index (χ2v) is 8.66. The lowest BCUT2D eigenvalue weighted by atomic mass is 9.87. The Morgan fingerprint density at radius 2 is 1.77 bits per heavy atom. The fourth-order valence-corrected chi connectivity index (χ4v) is 3.90. The summed E-state index contributed by atoms with van der Waals surface area (Å²) < 4.78 is 16.7. The lowest BCUT2D eigenvalue weighted by Gasteiger charge is -2.27. The Morgan fingerprint density at radius 1 is 1.03 bits per heavy atom. The Labute approximate surface area is 206 Å². The van der Waals surface area contributed by atoms with E-state index in [4.69, 9.17) is 25.7 Å². The third-order valence-corrected chi connectivity index (χ3v) is 5.96. The molecule has 0 unspecified atom stereocenters. The lowest BCUT2D eigenvalue weighted by Crippen LogP contribution is -2.29. The summed E-state index contributed by atoms with van der Waals surface area (Å²) in [5, 5.41) is 0. The van der Waals surface area contributed by atoms with E-state index in [0.717, 1.165) is 50.7 Å². The molecule has 186 valence electrons. The van der Waals surface area contributed by atoms with Crippen LogP contribution >= 0.6 is 0 Å². The largest absolute Gasteiger partial charge is 0.458 e. The SMILES string of the molecule is C=CCCCOC1CCC(C(=O)Oc2ccc(/C=C/C(=O)OCc3cc(N)ccc3N)cc2)CC1. The summed E-state index contributed by atoms with van der Waals surface area (Å²) >= 11 is 0. The molecule has 3 rings (SSSR count). The molecular weight excluding hydrogens is 444 g/mol. The minimum absolute atomic E-state index is 0.0400. The number of anilines is 2. The number of nitrogen functional groups attached to an aromatic ring is 2. The normalized spacial score (nSPS) is 17.7. The van der Waals surface area contributed by atoms with Crippen LogP contribution in [0.15, 0.2) is 61.2 Å². The zero-order valence-electron chi connectivity index (χ0n) is 20.0. The summed E-state index contributed by atoms with van der Waals surface area (Å²) in [4.78, 5) is 24.6. The van der Waals surface area contributed by atoms with Crippen LogP contribution in [0.2, 0.25) is 0 Å². The molecule has 1 aliphatic rings. The molecule has 1 fully saturated rings. The first kappa shape index (κ1) is 26.0. The number of hydrogen-bond acceptors (Lipinski definition) is 7. The van der Waals surface area contributed by atoms with E-state index in [9.17, 15) is 9.59 Å². The number of benzene rings is 2. The third kappa shape index (κ3) is 8.61. The fourth-order valence-electron chi connectivity index (χ4n) is 3.90. The summed E-state index contributed by atoms with van der Waals surface area (Å²) in [5.41, 5.74) is 14.1. The molecule has 0 saturated heterocycles. The number of ether oxygens (including phenoxy) is 3. The van der Waals surface area contributed by atoms with Crippen LogP contribution in [0.3, 0.4) is 0 Å². The molecule has 4 N–H and O–H groups in total. The predicted molar refractivity (Wildman–Crippen MR) is 137 cm³/mol. The second kappa shape index (κ2) is 13.3. The number of allylic oxidation sites excluding steroid dienone is 1. The molecule has 0 aromatic heterocycles. The Bertz CT molecular complexity index is 1020. The molecular formula is C28H34N2O5. The number of unbranched alkanes of at least 4 members (excludes halogenated alkanes) is 1. The molecule has 7 nitrogen and oxygen atoms in total. The number of carbonyl (C=O) groups excluding carboxylic acids is 2. The zero-order valence-corrected chi connectivity index (χ0v) is 20.0. The Morgan fingerprint density at radius 3 is 2.49 bits per heavy atom. The summed E-state index contributed by atoms with van der Waals surface area (Å²) in [6, 6.07) is 12.0. The molecule has 2 aromatic rings. The summed E-state index contributed by atoms with van der Waals surface area (Å²) in [5.74, 6) is -0.327. The van der Waals surface area contributed by atoms with E-state index in [-0.39, 0.29) is 24.6 Å². The molecule has 35 heavy (non-hydrogen) atoms. The van der Waals surface area contributed by atoms with Gasteiger partial charge in [0.05, 0.1) is 12.0 Å². The van der Waals surface area contributed by atoms with Crippen molar-refractivity contribution in [2.75, 3.05) is 18.1 Å². The van der Waals surface area contributed by atoms with Crippen molar-refractivity contribution in [1.29, 1.82) is 0 Å². The fraction of sp³-hybridized carbons (Fsp3) is 0.357. The Balaban J connectivity index is 1.40. The molecule has 0 radical (unpaired) electrons. The van der Waals surface area contributed by atoms with Crippen LogP contribution in [0, 0.1) is 5.92 Å². The van der Waals surface area contributed by atoms with Gasteiger partial charge < -0.3 is 25.7 Å². The van der Waals surface area contributed by atoms with Crippen molar-refractivity contribution < 1.29 is 23.8 Å². The highest BCUT2D eigenvalue weighted by molar-refractivity contribution is 5.87. The number of carbonyl (C=O) groups is 2. The summed E-state index contributed by atoms with van der Waals surface area (Å²) in [7, 11) is 0. The van der Waals surface area contributed by atoms with Crippen LogP contribution in [0.25, 0.3) is 6.08 Å². The molecule has 1 saturated carbocycles. The Hall–Kier alpha value is -3.58. The van der Waals surface area contributed by atoms with E-state index < -0.39 is 5.97 Å². The molecule has 1 aliphatic carbocycles. The highest BCUT2D eigenvalue weighted by Crippen LogP contribution is 2.28. The van der Waals surface area contributed by atoms with Crippen molar-refractivity contribution in [2.24, 2.45) is 5.92 Å². The Kier molecular flexibility index (Phi) is 9.93. The van der Waals surface area contributed by atoms with Gasteiger partial charge >= 0.3 is 11.9 Å². The molecule has 0 spiro atoms. The molecule has 0 aliphatic heterocycles. The van der Waals surface area contributed by atoms with Crippen LogP contribution in [0.4, 0.5) is 11.4 Å². The van der Waals surface area contributed by atoms with Crippen LogP contribution in [-0.4, -0.2) is 24.6 Å². The van der Waals surface area contributed by atoms with Crippen molar-refractivity contribution in [3.8, 4) is 5.75 Å². The first-order valence-electron chi connectivity index (χ1n) is 12.0. The predicted octanol–water partition coefficient (Wildman–Crippen LogP) is 5.05. The van der Waals surface area contributed by atoms with Gasteiger partial charge in [0, 0.05) is 29.6 Å². The molecule has 2 aromatic carbocycles. The van der Waals surface area contributed by atoms with Gasteiger partial charge in [-0.1, -0.05) is 18.2 Å². The quantitative estimate of drug-likeness (QED) is 0.116. The molecule has 0 amide bonds. The van der Waals surface area contributed by atoms with Gasteiger partial charge in [-0.3, -0.25) is 4.79 Å². The van der Waals surface area contributed by atoms with Gasteiger partial charge in [-0.05, 0) is 80.5 Å². The smallest absolute Gasteiger partial charge is 0.331 e.